The number of nitrogens with zero attached hydrogens (tertiary/aromatic N) is 1. The average molecular weight is 312 g/mol. The molecule has 4 nitrogen and oxygen atoms in total. The number of carbonyl (C=O) groups is 1. The molecule has 4 heteroatoms. The van der Waals surface area contributed by atoms with Gasteiger partial charge in [-0.15, -0.1) is 0 Å². The van der Waals surface area contributed by atoms with Crippen LogP contribution in [0.15, 0.2) is 36.4 Å². The predicted molar refractivity (Wildman–Crippen MR) is 92.3 cm³/mol. The van der Waals surface area contributed by atoms with Gasteiger partial charge < -0.3 is 10.4 Å². The maximum Gasteiger partial charge on any atom is 0.216 e. The molecule has 0 saturated carbocycles. The standard InChI is InChI=1S/C19H24N2O2/c1-14(22)20-11-15-5-4-10-21(12-15)13-18-17-7-3-2-6-16(17)8-9-19(18)23/h2-3,6-9,15,23H,4-5,10-13H2,1H3,(H,20,22)/t15-/m0/s1. The molecule has 2 aromatic rings. The van der Waals surface area contributed by atoms with E-state index in [9.17, 15) is 9.90 Å². The van der Waals surface area contributed by atoms with Gasteiger partial charge in [0.1, 0.15) is 5.75 Å². The molecular formula is C19H24N2O2. The first kappa shape index (κ1) is 15.8. The van der Waals surface area contributed by atoms with Crippen LogP contribution in [0.5, 0.6) is 5.75 Å². The zero-order valence-electron chi connectivity index (χ0n) is 13.6. The van der Waals surface area contributed by atoms with Crippen molar-refractivity contribution in [3.05, 3.63) is 42.0 Å². The van der Waals surface area contributed by atoms with Crippen LogP contribution in [0.2, 0.25) is 0 Å². The highest BCUT2D eigenvalue weighted by molar-refractivity contribution is 5.87. The van der Waals surface area contributed by atoms with E-state index in [0.717, 1.165) is 55.4 Å². The lowest BCUT2D eigenvalue weighted by Gasteiger charge is -2.33. The molecule has 0 unspecified atom stereocenters. The van der Waals surface area contributed by atoms with E-state index in [4.69, 9.17) is 0 Å². The fourth-order valence-corrected chi connectivity index (χ4v) is 3.46. The molecule has 0 aliphatic carbocycles. The highest BCUT2D eigenvalue weighted by atomic mass is 16.3. The van der Waals surface area contributed by atoms with E-state index >= 15 is 0 Å². The number of likely N-dealkylation sites (tertiary alicyclic amines) is 1. The minimum absolute atomic E-state index is 0.0359. The summed E-state index contributed by atoms with van der Waals surface area (Å²) in [5.41, 5.74) is 1.00. The molecule has 1 heterocycles. The van der Waals surface area contributed by atoms with Crippen molar-refractivity contribution in [1.82, 2.24) is 10.2 Å². The van der Waals surface area contributed by atoms with E-state index in [1.165, 1.54) is 0 Å². The average Bonchev–Trinajstić information content (AvgIpc) is 2.56. The number of hydrogen-bond acceptors (Lipinski definition) is 3. The lowest BCUT2D eigenvalue weighted by Crippen LogP contribution is -2.40. The summed E-state index contributed by atoms with van der Waals surface area (Å²) in [5, 5.41) is 15.5. The molecule has 0 bridgehead atoms. The zero-order valence-corrected chi connectivity index (χ0v) is 13.6. The summed E-state index contributed by atoms with van der Waals surface area (Å²) in [4.78, 5) is 13.5. The van der Waals surface area contributed by atoms with Crippen molar-refractivity contribution >= 4 is 16.7 Å². The molecule has 23 heavy (non-hydrogen) atoms. The monoisotopic (exact) mass is 312 g/mol. The summed E-state index contributed by atoms with van der Waals surface area (Å²) in [6.45, 7) is 5.06. The molecule has 1 fully saturated rings. The van der Waals surface area contributed by atoms with Crippen molar-refractivity contribution in [2.45, 2.75) is 26.3 Å². The molecule has 2 N–H and O–H groups in total. The molecule has 3 rings (SSSR count). The van der Waals surface area contributed by atoms with Crippen LogP contribution in [-0.4, -0.2) is 35.5 Å². The van der Waals surface area contributed by atoms with Crippen molar-refractivity contribution in [2.75, 3.05) is 19.6 Å². The first-order chi connectivity index (χ1) is 11.1. The Kier molecular flexibility index (Phi) is 4.82. The Morgan fingerprint density at radius 2 is 2.13 bits per heavy atom. The minimum Gasteiger partial charge on any atom is -0.508 e. The van der Waals surface area contributed by atoms with Gasteiger partial charge in [-0.05, 0) is 42.1 Å². The molecule has 0 aromatic heterocycles. The first-order valence-electron chi connectivity index (χ1n) is 8.30. The number of piperidine rings is 1. The Balaban J connectivity index is 1.74. The molecule has 0 radical (unpaired) electrons. The molecule has 2 aromatic carbocycles. The van der Waals surface area contributed by atoms with Gasteiger partial charge in [0.05, 0.1) is 0 Å². The van der Waals surface area contributed by atoms with Gasteiger partial charge in [-0.25, -0.2) is 0 Å². The van der Waals surface area contributed by atoms with Crippen LogP contribution in [-0.2, 0) is 11.3 Å². The second kappa shape index (κ2) is 7.01. The van der Waals surface area contributed by atoms with Gasteiger partial charge in [-0.2, -0.15) is 0 Å². The number of nitrogens with one attached hydrogen (secondary N) is 1. The minimum atomic E-state index is 0.0359. The summed E-state index contributed by atoms with van der Waals surface area (Å²) in [6, 6.07) is 11.9. The summed E-state index contributed by atoms with van der Waals surface area (Å²) in [5.74, 6) is 0.895. The van der Waals surface area contributed by atoms with Crippen LogP contribution < -0.4 is 5.32 Å². The number of benzene rings is 2. The molecule has 1 amide bonds. The maximum atomic E-state index is 11.1. The van der Waals surface area contributed by atoms with Gasteiger partial charge >= 0.3 is 0 Å². The van der Waals surface area contributed by atoms with Gasteiger partial charge in [-0.1, -0.05) is 30.3 Å². The number of amides is 1. The molecule has 1 saturated heterocycles. The van der Waals surface area contributed by atoms with Gasteiger partial charge in [-0.3, -0.25) is 9.69 Å². The summed E-state index contributed by atoms with van der Waals surface area (Å²) >= 11 is 0. The van der Waals surface area contributed by atoms with E-state index in [1.807, 2.05) is 18.2 Å². The normalized spacial score (nSPS) is 18.9. The number of phenols is 1. The lowest BCUT2D eigenvalue weighted by molar-refractivity contribution is -0.119. The Bertz CT molecular complexity index is 699. The summed E-state index contributed by atoms with van der Waals surface area (Å²) in [7, 11) is 0. The number of hydrogen-bond donors (Lipinski definition) is 2. The van der Waals surface area contributed by atoms with E-state index < -0.39 is 0 Å². The van der Waals surface area contributed by atoms with Crippen molar-refractivity contribution in [3.63, 3.8) is 0 Å². The SMILES string of the molecule is CC(=O)NC[C@@H]1CCCN(Cc2c(O)ccc3ccccc23)C1. The number of aromatic hydroxyl groups is 1. The highest BCUT2D eigenvalue weighted by Crippen LogP contribution is 2.29. The number of phenolic OH excluding ortho intramolecular Hbond substituents is 1. The topological polar surface area (TPSA) is 52.6 Å². The van der Waals surface area contributed by atoms with Crippen LogP contribution in [0.4, 0.5) is 0 Å². The van der Waals surface area contributed by atoms with Gasteiger partial charge in [0.15, 0.2) is 0 Å². The largest absolute Gasteiger partial charge is 0.508 e. The maximum absolute atomic E-state index is 11.1. The molecule has 1 atom stereocenters. The van der Waals surface area contributed by atoms with E-state index in [1.54, 1.807) is 13.0 Å². The third-order valence-electron chi connectivity index (χ3n) is 4.64. The second-order valence-corrected chi connectivity index (χ2v) is 6.46. The number of carbonyl (C=O) groups excluding carboxylic acids is 1. The molecule has 0 spiro atoms. The van der Waals surface area contributed by atoms with Crippen LogP contribution in [0.3, 0.4) is 0 Å². The molecule has 1 aliphatic rings. The fraction of sp³-hybridized carbons (Fsp3) is 0.421. The van der Waals surface area contributed by atoms with E-state index in [2.05, 4.69) is 22.3 Å². The molecule has 122 valence electrons. The lowest BCUT2D eigenvalue weighted by atomic mass is 9.96. The van der Waals surface area contributed by atoms with Crippen LogP contribution in [0.25, 0.3) is 10.8 Å². The number of fused-ring (bicyclic) bond motifs is 1. The van der Waals surface area contributed by atoms with Crippen LogP contribution in [0, 0.1) is 5.92 Å². The van der Waals surface area contributed by atoms with Crippen molar-refractivity contribution in [1.29, 1.82) is 0 Å². The Hall–Kier alpha value is -2.07. The van der Waals surface area contributed by atoms with E-state index in [-0.39, 0.29) is 5.91 Å². The van der Waals surface area contributed by atoms with Crippen LogP contribution in [0.1, 0.15) is 25.3 Å². The first-order valence-corrected chi connectivity index (χ1v) is 8.30. The summed E-state index contributed by atoms with van der Waals surface area (Å²) < 4.78 is 0. The Morgan fingerprint density at radius 3 is 2.96 bits per heavy atom. The van der Waals surface area contributed by atoms with Gasteiger partial charge in [0.2, 0.25) is 5.91 Å². The Morgan fingerprint density at radius 1 is 1.30 bits per heavy atom. The van der Waals surface area contributed by atoms with Gasteiger partial charge in [0.25, 0.3) is 0 Å². The number of rotatable bonds is 4. The Labute approximate surface area is 137 Å². The molecule has 1 aliphatic heterocycles. The zero-order chi connectivity index (χ0) is 16.2. The smallest absolute Gasteiger partial charge is 0.216 e. The highest BCUT2D eigenvalue weighted by Gasteiger charge is 2.21. The summed E-state index contributed by atoms with van der Waals surface area (Å²) in [6.07, 6.45) is 2.29. The quantitative estimate of drug-likeness (QED) is 0.913. The van der Waals surface area contributed by atoms with Crippen LogP contribution >= 0.6 is 0 Å². The van der Waals surface area contributed by atoms with Crippen molar-refractivity contribution in [3.8, 4) is 5.75 Å². The third kappa shape index (κ3) is 3.82. The van der Waals surface area contributed by atoms with Crippen molar-refractivity contribution in [2.24, 2.45) is 5.92 Å². The van der Waals surface area contributed by atoms with Crippen molar-refractivity contribution < 1.29 is 9.90 Å². The second-order valence-electron chi connectivity index (χ2n) is 6.46. The molecular weight excluding hydrogens is 288 g/mol. The fourth-order valence-electron chi connectivity index (χ4n) is 3.46. The van der Waals surface area contributed by atoms with E-state index in [0.29, 0.717) is 11.7 Å². The van der Waals surface area contributed by atoms with Gasteiger partial charge in [0, 0.05) is 32.1 Å². The third-order valence-corrected chi connectivity index (χ3v) is 4.64. The predicted octanol–water partition coefficient (Wildman–Crippen LogP) is 2.89.